The Kier molecular flexibility index (Phi) is 5.39. The van der Waals surface area contributed by atoms with Gasteiger partial charge in [0, 0.05) is 17.5 Å². The molecule has 0 aromatic carbocycles. The molecule has 1 aliphatic carbocycles. The van der Waals surface area contributed by atoms with Crippen LogP contribution in [0.5, 0.6) is 0 Å². The van der Waals surface area contributed by atoms with E-state index in [1.807, 2.05) is 6.92 Å². The van der Waals surface area contributed by atoms with Gasteiger partial charge >= 0.3 is 0 Å². The van der Waals surface area contributed by atoms with Crippen LogP contribution in [0, 0.1) is 12.3 Å². The summed E-state index contributed by atoms with van der Waals surface area (Å²) in [5.74, 6) is 1.93. The van der Waals surface area contributed by atoms with Crippen molar-refractivity contribution in [2.24, 2.45) is 5.41 Å². The number of rotatable bonds is 4. The van der Waals surface area contributed by atoms with Crippen LogP contribution < -0.4 is 5.56 Å². The highest BCUT2D eigenvalue weighted by Crippen LogP contribution is 2.39. The minimum absolute atomic E-state index is 0.0595. The Labute approximate surface area is 124 Å². The fourth-order valence-corrected chi connectivity index (χ4v) is 4.46. The molecule has 19 heavy (non-hydrogen) atoms. The maximum Gasteiger partial charge on any atom is 0.251 e. The van der Waals surface area contributed by atoms with Crippen LogP contribution in [0.2, 0.25) is 0 Å². The number of aromatic amines is 1. The van der Waals surface area contributed by atoms with Gasteiger partial charge in [-0.3, -0.25) is 4.79 Å². The van der Waals surface area contributed by atoms with E-state index in [4.69, 9.17) is 0 Å². The zero-order valence-electron chi connectivity index (χ0n) is 11.4. The van der Waals surface area contributed by atoms with E-state index < -0.39 is 0 Å². The maximum absolute atomic E-state index is 11.4. The third-order valence-electron chi connectivity index (χ3n) is 3.86. The van der Waals surface area contributed by atoms with Crippen molar-refractivity contribution in [2.45, 2.75) is 50.6 Å². The lowest BCUT2D eigenvalue weighted by Crippen LogP contribution is -2.25. The van der Waals surface area contributed by atoms with E-state index in [9.17, 15) is 4.79 Å². The number of hydrogen-bond acceptors (Lipinski definition) is 4. The molecule has 5 heteroatoms. The Morgan fingerprint density at radius 2 is 2.05 bits per heavy atom. The van der Waals surface area contributed by atoms with Crippen LogP contribution in [0.4, 0.5) is 0 Å². The predicted octanol–water partition coefficient (Wildman–Crippen LogP) is 3.44. The number of thiol groups is 1. The Hall–Kier alpha value is -0.420. The van der Waals surface area contributed by atoms with E-state index in [1.165, 1.54) is 44.6 Å². The number of nitrogens with zero attached hydrogens (tertiary/aromatic N) is 1. The number of aryl methyl sites for hydroxylation is 1. The van der Waals surface area contributed by atoms with E-state index in [0.29, 0.717) is 5.41 Å². The van der Waals surface area contributed by atoms with Gasteiger partial charge in [0.1, 0.15) is 0 Å². The average molecular weight is 298 g/mol. The van der Waals surface area contributed by atoms with Crippen molar-refractivity contribution in [3.8, 4) is 0 Å². The Morgan fingerprint density at radius 3 is 2.63 bits per heavy atom. The summed E-state index contributed by atoms with van der Waals surface area (Å²) in [7, 11) is 0. The summed E-state index contributed by atoms with van der Waals surface area (Å²) >= 11 is 6.25. The molecule has 1 aliphatic rings. The van der Waals surface area contributed by atoms with E-state index in [0.717, 1.165) is 22.4 Å². The molecule has 1 fully saturated rings. The Bertz CT molecular complexity index is 465. The van der Waals surface area contributed by atoms with E-state index >= 15 is 0 Å². The summed E-state index contributed by atoms with van der Waals surface area (Å²) in [6.07, 6.45) is 7.80. The lowest BCUT2D eigenvalue weighted by atomic mass is 9.84. The molecular weight excluding hydrogens is 276 g/mol. The first-order valence-corrected chi connectivity index (χ1v) is 8.57. The van der Waals surface area contributed by atoms with Crippen molar-refractivity contribution >= 4 is 24.4 Å². The quantitative estimate of drug-likeness (QED) is 0.387. The molecule has 0 saturated heterocycles. The van der Waals surface area contributed by atoms with Crippen molar-refractivity contribution in [3.05, 3.63) is 22.1 Å². The first kappa shape index (κ1) is 15.0. The van der Waals surface area contributed by atoms with Crippen LogP contribution >= 0.6 is 24.4 Å². The largest absolute Gasteiger partial charge is 0.301 e. The molecular formula is C14H22N2OS2. The summed E-state index contributed by atoms with van der Waals surface area (Å²) in [4.78, 5) is 18.6. The molecule has 1 saturated carbocycles. The van der Waals surface area contributed by atoms with Gasteiger partial charge < -0.3 is 4.98 Å². The number of nitrogens with one attached hydrogen (secondary N) is 1. The molecule has 3 nitrogen and oxygen atoms in total. The molecule has 1 aromatic rings. The average Bonchev–Trinajstić information content (AvgIpc) is 2.61. The summed E-state index contributed by atoms with van der Waals surface area (Å²) < 4.78 is 0. The van der Waals surface area contributed by atoms with E-state index in [2.05, 4.69) is 22.6 Å². The van der Waals surface area contributed by atoms with Crippen molar-refractivity contribution in [3.63, 3.8) is 0 Å². The van der Waals surface area contributed by atoms with Crippen LogP contribution in [0.1, 0.15) is 44.2 Å². The lowest BCUT2D eigenvalue weighted by Gasteiger charge is -2.30. The molecule has 1 aromatic heterocycles. The second-order valence-electron chi connectivity index (χ2n) is 5.55. The van der Waals surface area contributed by atoms with Gasteiger partial charge in [0.25, 0.3) is 5.56 Å². The minimum atomic E-state index is -0.0595. The van der Waals surface area contributed by atoms with Gasteiger partial charge in [-0.25, -0.2) is 4.98 Å². The van der Waals surface area contributed by atoms with Gasteiger partial charge in [-0.15, -0.1) is 0 Å². The van der Waals surface area contributed by atoms with E-state index in [-0.39, 0.29) is 5.56 Å². The molecule has 0 atom stereocenters. The Balaban J connectivity index is 2.04. The van der Waals surface area contributed by atoms with Gasteiger partial charge in [-0.2, -0.15) is 12.6 Å². The van der Waals surface area contributed by atoms with Gasteiger partial charge in [-0.05, 0) is 30.9 Å². The first-order valence-electron chi connectivity index (χ1n) is 6.95. The molecule has 0 amide bonds. The van der Waals surface area contributed by atoms with Gasteiger partial charge in [-0.1, -0.05) is 37.4 Å². The smallest absolute Gasteiger partial charge is 0.251 e. The predicted molar refractivity (Wildman–Crippen MR) is 84.3 cm³/mol. The number of H-pyrrole nitrogens is 1. The topological polar surface area (TPSA) is 45.8 Å². The lowest BCUT2D eigenvalue weighted by molar-refractivity contribution is 0.332. The molecule has 0 radical (unpaired) electrons. The highest BCUT2D eigenvalue weighted by atomic mass is 32.2. The number of thioether (sulfide) groups is 1. The third-order valence-corrected chi connectivity index (χ3v) is 5.76. The standard InChI is InChI=1S/C14H22N2OS2/c1-11-8-12(17)16-13(15-11)19-10-14(9-18)6-4-2-3-5-7-14/h8,18H,2-7,9-10H2,1H3,(H,15,16,17). The molecule has 1 N–H and O–H groups in total. The Morgan fingerprint density at radius 1 is 1.37 bits per heavy atom. The molecule has 0 unspecified atom stereocenters. The van der Waals surface area contributed by atoms with Crippen LogP contribution in [-0.4, -0.2) is 21.5 Å². The zero-order valence-corrected chi connectivity index (χ0v) is 13.2. The molecule has 106 valence electrons. The highest BCUT2D eigenvalue weighted by Gasteiger charge is 2.29. The third kappa shape index (κ3) is 4.28. The van der Waals surface area contributed by atoms with Crippen molar-refractivity contribution in [1.82, 2.24) is 9.97 Å². The van der Waals surface area contributed by atoms with Gasteiger partial charge in [0.2, 0.25) is 0 Å². The van der Waals surface area contributed by atoms with Gasteiger partial charge in [0.05, 0.1) is 0 Å². The van der Waals surface area contributed by atoms with Crippen molar-refractivity contribution in [2.75, 3.05) is 11.5 Å². The SMILES string of the molecule is Cc1cc(=O)[nH]c(SCC2(CS)CCCCCC2)n1. The summed E-state index contributed by atoms with van der Waals surface area (Å²) in [5, 5.41) is 0.746. The van der Waals surface area contributed by atoms with Crippen LogP contribution in [0.15, 0.2) is 16.0 Å². The maximum atomic E-state index is 11.4. The second kappa shape index (κ2) is 6.84. The van der Waals surface area contributed by atoms with Crippen LogP contribution in [0.25, 0.3) is 0 Å². The fraction of sp³-hybridized carbons (Fsp3) is 0.714. The van der Waals surface area contributed by atoms with Crippen molar-refractivity contribution in [1.29, 1.82) is 0 Å². The molecule has 1 heterocycles. The zero-order chi connectivity index (χ0) is 13.7. The minimum Gasteiger partial charge on any atom is -0.301 e. The van der Waals surface area contributed by atoms with Crippen molar-refractivity contribution < 1.29 is 0 Å². The van der Waals surface area contributed by atoms with E-state index in [1.54, 1.807) is 11.8 Å². The summed E-state index contributed by atoms with van der Waals surface area (Å²) in [5.41, 5.74) is 1.04. The summed E-state index contributed by atoms with van der Waals surface area (Å²) in [6.45, 7) is 1.86. The molecule has 0 aliphatic heterocycles. The first-order chi connectivity index (χ1) is 9.13. The number of hydrogen-bond donors (Lipinski definition) is 2. The normalized spacial score (nSPS) is 19.1. The summed E-state index contributed by atoms with van der Waals surface area (Å²) in [6, 6.07) is 1.53. The van der Waals surface area contributed by atoms with Crippen LogP contribution in [-0.2, 0) is 0 Å². The molecule has 2 rings (SSSR count). The fourth-order valence-electron chi connectivity index (χ4n) is 2.67. The molecule has 0 bridgehead atoms. The number of aromatic nitrogens is 2. The van der Waals surface area contributed by atoms with Crippen LogP contribution in [0.3, 0.4) is 0 Å². The monoisotopic (exact) mass is 298 g/mol. The molecule has 0 spiro atoms. The highest BCUT2D eigenvalue weighted by molar-refractivity contribution is 7.99. The second-order valence-corrected chi connectivity index (χ2v) is 6.83. The van der Waals surface area contributed by atoms with Gasteiger partial charge in [0.15, 0.2) is 5.16 Å².